The molecule has 2 rings (SSSR count). The molecule has 0 saturated heterocycles. The van der Waals surface area contributed by atoms with Gasteiger partial charge in [0.2, 0.25) is 0 Å². The third kappa shape index (κ3) is 5.24. The zero-order valence-electron chi connectivity index (χ0n) is 9.81. The van der Waals surface area contributed by atoms with Gasteiger partial charge in [0.1, 0.15) is 0 Å². The van der Waals surface area contributed by atoms with Gasteiger partial charge in [0.25, 0.3) is 0 Å². The fourth-order valence-electron chi connectivity index (χ4n) is 1.71. The third-order valence-electron chi connectivity index (χ3n) is 2.86. The van der Waals surface area contributed by atoms with E-state index in [4.69, 9.17) is 0 Å². The van der Waals surface area contributed by atoms with Crippen LogP contribution in [0, 0.1) is 3.57 Å². The Labute approximate surface area is 125 Å². The molecule has 2 N–H and O–H groups in total. The summed E-state index contributed by atoms with van der Waals surface area (Å²) in [6.45, 7) is 3.19. The fourth-order valence-corrected chi connectivity index (χ4v) is 2.64. The predicted octanol–water partition coefficient (Wildman–Crippen LogP) is 3.29. The average Bonchev–Trinajstić information content (AvgIpc) is 3.11. The van der Waals surface area contributed by atoms with Gasteiger partial charge < -0.3 is 10.6 Å². The van der Waals surface area contributed by atoms with Crippen LogP contribution in [0.25, 0.3) is 0 Å². The standard InChI is InChI=1S/C13H18BrIN2/c14-11-2-5-13(15)10(8-11)9-16-6-1-7-17-12-3-4-12/h2,5,8,12,16-17H,1,3-4,6-7,9H2. The van der Waals surface area contributed by atoms with Crippen LogP contribution in [0.2, 0.25) is 0 Å². The molecule has 0 atom stereocenters. The maximum absolute atomic E-state index is 3.53. The molecule has 4 heteroatoms. The molecule has 1 aliphatic carbocycles. The molecule has 0 spiro atoms. The first-order valence-corrected chi connectivity index (χ1v) is 8.01. The number of rotatable bonds is 7. The van der Waals surface area contributed by atoms with E-state index in [0.717, 1.165) is 30.1 Å². The quantitative estimate of drug-likeness (QED) is 0.534. The van der Waals surface area contributed by atoms with Crippen LogP contribution in [0.15, 0.2) is 22.7 Å². The molecule has 1 saturated carbocycles. The van der Waals surface area contributed by atoms with E-state index < -0.39 is 0 Å². The van der Waals surface area contributed by atoms with Gasteiger partial charge in [-0.2, -0.15) is 0 Å². The second kappa shape index (κ2) is 7.07. The monoisotopic (exact) mass is 408 g/mol. The van der Waals surface area contributed by atoms with Crippen LogP contribution in [-0.4, -0.2) is 19.1 Å². The van der Waals surface area contributed by atoms with E-state index in [1.54, 1.807) is 0 Å². The van der Waals surface area contributed by atoms with Gasteiger partial charge in [-0.1, -0.05) is 15.9 Å². The first kappa shape index (κ1) is 13.8. The van der Waals surface area contributed by atoms with Crippen molar-refractivity contribution in [2.24, 2.45) is 0 Å². The van der Waals surface area contributed by atoms with Gasteiger partial charge in [0, 0.05) is 20.6 Å². The molecule has 1 aliphatic rings. The lowest BCUT2D eigenvalue weighted by molar-refractivity contribution is 0.592. The smallest absolute Gasteiger partial charge is 0.0216 e. The van der Waals surface area contributed by atoms with Crippen molar-refractivity contribution in [3.8, 4) is 0 Å². The molecule has 0 aromatic heterocycles. The van der Waals surface area contributed by atoms with E-state index >= 15 is 0 Å². The highest BCUT2D eigenvalue weighted by Crippen LogP contribution is 2.19. The normalized spacial score (nSPS) is 15.2. The van der Waals surface area contributed by atoms with E-state index in [0.29, 0.717) is 0 Å². The molecule has 0 heterocycles. The van der Waals surface area contributed by atoms with Crippen LogP contribution in [0.1, 0.15) is 24.8 Å². The Balaban J connectivity index is 1.61. The summed E-state index contributed by atoms with van der Waals surface area (Å²) in [5.41, 5.74) is 1.37. The molecule has 0 radical (unpaired) electrons. The molecule has 17 heavy (non-hydrogen) atoms. The van der Waals surface area contributed by atoms with E-state index in [-0.39, 0.29) is 0 Å². The minimum absolute atomic E-state index is 0.834. The highest BCUT2D eigenvalue weighted by atomic mass is 127. The summed E-state index contributed by atoms with van der Waals surface area (Å²) in [7, 11) is 0. The average molecular weight is 409 g/mol. The van der Waals surface area contributed by atoms with E-state index in [9.17, 15) is 0 Å². The highest BCUT2D eigenvalue weighted by Gasteiger charge is 2.19. The Kier molecular flexibility index (Phi) is 5.72. The topological polar surface area (TPSA) is 24.1 Å². The number of hydrogen-bond donors (Lipinski definition) is 2. The largest absolute Gasteiger partial charge is 0.314 e. The van der Waals surface area contributed by atoms with Crippen molar-refractivity contribution >= 4 is 38.5 Å². The van der Waals surface area contributed by atoms with Gasteiger partial charge in [-0.25, -0.2) is 0 Å². The van der Waals surface area contributed by atoms with Gasteiger partial charge in [0.15, 0.2) is 0 Å². The molecule has 1 fully saturated rings. The van der Waals surface area contributed by atoms with E-state index in [2.05, 4.69) is 67.4 Å². The number of nitrogens with one attached hydrogen (secondary N) is 2. The Morgan fingerprint density at radius 1 is 1.29 bits per heavy atom. The summed E-state index contributed by atoms with van der Waals surface area (Å²) in [6, 6.07) is 7.26. The minimum atomic E-state index is 0.834. The lowest BCUT2D eigenvalue weighted by atomic mass is 10.2. The highest BCUT2D eigenvalue weighted by molar-refractivity contribution is 14.1. The minimum Gasteiger partial charge on any atom is -0.314 e. The molecule has 1 aromatic carbocycles. The Morgan fingerprint density at radius 3 is 2.88 bits per heavy atom. The van der Waals surface area contributed by atoms with Crippen molar-refractivity contribution in [2.75, 3.05) is 13.1 Å². The van der Waals surface area contributed by atoms with Crippen LogP contribution in [0.3, 0.4) is 0 Å². The van der Waals surface area contributed by atoms with Crippen LogP contribution in [-0.2, 0) is 6.54 Å². The van der Waals surface area contributed by atoms with Crippen molar-refractivity contribution in [3.63, 3.8) is 0 Å². The van der Waals surface area contributed by atoms with Crippen LogP contribution < -0.4 is 10.6 Å². The summed E-state index contributed by atoms with van der Waals surface area (Å²) < 4.78 is 2.49. The van der Waals surface area contributed by atoms with Crippen molar-refractivity contribution < 1.29 is 0 Å². The van der Waals surface area contributed by atoms with E-state index in [1.807, 2.05) is 0 Å². The summed E-state index contributed by atoms with van der Waals surface area (Å²) in [5.74, 6) is 0. The molecule has 0 aliphatic heterocycles. The first-order chi connectivity index (χ1) is 8.25. The molecule has 1 aromatic rings. The van der Waals surface area contributed by atoms with Gasteiger partial charge in [0.05, 0.1) is 0 Å². The number of benzene rings is 1. The lowest BCUT2D eigenvalue weighted by Crippen LogP contribution is -2.23. The predicted molar refractivity (Wildman–Crippen MR) is 84.2 cm³/mol. The third-order valence-corrected chi connectivity index (χ3v) is 4.41. The Bertz CT molecular complexity index is 366. The maximum atomic E-state index is 3.53. The van der Waals surface area contributed by atoms with Crippen LogP contribution in [0.4, 0.5) is 0 Å². The summed E-state index contributed by atoms with van der Waals surface area (Å²) in [5, 5.41) is 7.03. The second-order valence-electron chi connectivity index (χ2n) is 4.49. The van der Waals surface area contributed by atoms with Gasteiger partial charge in [-0.15, -0.1) is 0 Å². The summed E-state index contributed by atoms with van der Waals surface area (Å²) in [6.07, 6.45) is 3.97. The van der Waals surface area contributed by atoms with Gasteiger partial charge in [-0.05, 0) is 78.7 Å². The molecule has 2 nitrogen and oxygen atoms in total. The van der Waals surface area contributed by atoms with Gasteiger partial charge >= 0.3 is 0 Å². The molecular weight excluding hydrogens is 391 g/mol. The van der Waals surface area contributed by atoms with Crippen molar-refractivity contribution in [2.45, 2.75) is 31.8 Å². The van der Waals surface area contributed by atoms with E-state index in [1.165, 1.54) is 28.4 Å². The van der Waals surface area contributed by atoms with Crippen molar-refractivity contribution in [1.82, 2.24) is 10.6 Å². The van der Waals surface area contributed by atoms with Crippen molar-refractivity contribution in [1.29, 1.82) is 0 Å². The van der Waals surface area contributed by atoms with Gasteiger partial charge in [-0.3, -0.25) is 0 Å². The van der Waals surface area contributed by atoms with Crippen LogP contribution in [0.5, 0.6) is 0 Å². The SMILES string of the molecule is Brc1ccc(I)c(CNCCCNC2CC2)c1. The number of halogens is 2. The molecule has 94 valence electrons. The summed E-state index contributed by atoms with van der Waals surface area (Å²) >= 11 is 5.90. The zero-order chi connectivity index (χ0) is 12.1. The second-order valence-corrected chi connectivity index (χ2v) is 6.57. The fraction of sp³-hybridized carbons (Fsp3) is 0.538. The Hall–Kier alpha value is 0.350. The van der Waals surface area contributed by atoms with Crippen LogP contribution >= 0.6 is 38.5 Å². The summed E-state index contributed by atoms with van der Waals surface area (Å²) in [4.78, 5) is 0. The zero-order valence-corrected chi connectivity index (χ0v) is 13.6. The van der Waals surface area contributed by atoms with Crippen molar-refractivity contribution in [3.05, 3.63) is 31.8 Å². The first-order valence-electron chi connectivity index (χ1n) is 6.14. The number of hydrogen-bond acceptors (Lipinski definition) is 2. The molecular formula is C13H18BrIN2. The molecule has 0 amide bonds. The molecule has 0 bridgehead atoms. The molecule has 0 unspecified atom stereocenters. The Morgan fingerprint density at radius 2 is 2.12 bits per heavy atom. The maximum Gasteiger partial charge on any atom is 0.0216 e. The lowest BCUT2D eigenvalue weighted by Gasteiger charge is -2.08.